The maximum absolute atomic E-state index is 15.0. The van der Waals surface area contributed by atoms with E-state index in [0.29, 0.717) is 53.3 Å². The fraction of sp³-hybridized carbons (Fsp3) is 0.321. The number of nitrogen functional groups attached to an aromatic ring is 1. The quantitative estimate of drug-likeness (QED) is 0.232. The lowest BCUT2D eigenvalue weighted by Crippen LogP contribution is -2.33. The molecule has 0 spiro atoms. The van der Waals surface area contributed by atoms with Crippen molar-refractivity contribution >= 4 is 28.5 Å². The van der Waals surface area contributed by atoms with Crippen LogP contribution in [0.5, 0.6) is 0 Å². The van der Waals surface area contributed by atoms with E-state index < -0.39 is 5.82 Å². The Labute approximate surface area is 219 Å². The van der Waals surface area contributed by atoms with Crippen molar-refractivity contribution in [3.05, 3.63) is 64.3 Å². The molecule has 5 N–H and O–H groups in total. The Morgan fingerprint density at radius 1 is 1.24 bits per heavy atom. The fourth-order valence-corrected chi connectivity index (χ4v) is 4.57. The highest BCUT2D eigenvalue weighted by Gasteiger charge is 2.20. The molecule has 4 aromatic rings. The minimum atomic E-state index is -0.520. The molecule has 1 amide bonds. The molecule has 4 rings (SSSR count). The first kappa shape index (κ1) is 26.7. The maximum atomic E-state index is 15.0. The number of imidazole rings is 1. The first-order valence-electron chi connectivity index (χ1n) is 12.7. The third-order valence-corrected chi connectivity index (χ3v) is 6.81. The molecule has 0 aliphatic heterocycles. The van der Waals surface area contributed by atoms with Gasteiger partial charge in [0.05, 0.1) is 17.5 Å². The summed E-state index contributed by atoms with van der Waals surface area (Å²) in [6.07, 6.45) is 4.47. The lowest BCUT2D eigenvalue weighted by Gasteiger charge is -2.16. The lowest BCUT2D eigenvalue weighted by atomic mass is 9.98. The maximum Gasteiger partial charge on any atom is 0.224 e. The Bertz CT molecular complexity index is 1540. The number of aromatic amines is 1. The monoisotopic (exact) mass is 517 g/mol. The third-order valence-electron chi connectivity index (χ3n) is 6.81. The van der Waals surface area contributed by atoms with Crippen molar-refractivity contribution < 1.29 is 9.18 Å². The number of carbonyl (C=O) groups is 1. The Balaban J connectivity index is 1.60. The molecular formula is C28H32FN7O2. The summed E-state index contributed by atoms with van der Waals surface area (Å²) in [4.78, 5) is 37.4. The molecule has 3 heterocycles. The van der Waals surface area contributed by atoms with Crippen molar-refractivity contribution in [1.29, 1.82) is 5.41 Å². The van der Waals surface area contributed by atoms with E-state index in [0.717, 1.165) is 6.42 Å². The predicted molar refractivity (Wildman–Crippen MR) is 148 cm³/mol. The van der Waals surface area contributed by atoms with Gasteiger partial charge in [-0.05, 0) is 43.5 Å². The summed E-state index contributed by atoms with van der Waals surface area (Å²) in [5, 5.41) is 11.2. The van der Waals surface area contributed by atoms with Crippen LogP contribution < -0.4 is 16.5 Å². The molecule has 0 aliphatic carbocycles. The van der Waals surface area contributed by atoms with Gasteiger partial charge in [-0.2, -0.15) is 0 Å². The van der Waals surface area contributed by atoms with Crippen LogP contribution in [0.2, 0.25) is 0 Å². The summed E-state index contributed by atoms with van der Waals surface area (Å²) >= 11 is 0. The molecule has 9 nitrogen and oxygen atoms in total. The van der Waals surface area contributed by atoms with Crippen molar-refractivity contribution in [2.45, 2.75) is 46.6 Å². The summed E-state index contributed by atoms with van der Waals surface area (Å²) in [6.45, 7) is 6.63. The standard InChI is InChI=1S/C28H32FN7O2/c1-4-16(21(30)5-2)15-34-23(37)14-17-7-8-18(13-20(17)29)22-10-9-19-25(38)24(27-32-11-12-33-27)26(31)36(6-3)28(19)35-22/h7-13,16,30H,4-6,14-15,31H2,1-3H3,(H,32,33)(H,34,37). The van der Waals surface area contributed by atoms with Crippen molar-refractivity contribution in [1.82, 2.24) is 24.8 Å². The molecule has 0 fully saturated rings. The summed E-state index contributed by atoms with van der Waals surface area (Å²) in [5.41, 5.74) is 8.60. The molecule has 10 heteroatoms. The summed E-state index contributed by atoms with van der Waals surface area (Å²) in [7, 11) is 0. The number of halogens is 1. The smallest absolute Gasteiger partial charge is 0.224 e. The number of anilines is 1. The second-order valence-corrected chi connectivity index (χ2v) is 9.11. The van der Waals surface area contributed by atoms with Crippen molar-refractivity contribution in [2.24, 2.45) is 5.92 Å². The van der Waals surface area contributed by atoms with Gasteiger partial charge in [-0.15, -0.1) is 0 Å². The van der Waals surface area contributed by atoms with Crippen LogP contribution in [-0.4, -0.2) is 37.7 Å². The number of hydrogen-bond donors (Lipinski definition) is 4. The van der Waals surface area contributed by atoms with Crippen LogP contribution >= 0.6 is 0 Å². The number of nitrogens with two attached hydrogens (primary N) is 1. The van der Waals surface area contributed by atoms with Crippen molar-refractivity contribution in [3.63, 3.8) is 0 Å². The third kappa shape index (κ3) is 5.20. The molecule has 0 radical (unpaired) electrons. The number of H-pyrrole nitrogens is 1. The number of nitrogens with one attached hydrogen (secondary N) is 3. The molecule has 1 atom stereocenters. The fourth-order valence-electron chi connectivity index (χ4n) is 4.57. The highest BCUT2D eigenvalue weighted by atomic mass is 19.1. The van der Waals surface area contributed by atoms with E-state index >= 15 is 4.39 Å². The van der Waals surface area contributed by atoms with Gasteiger partial charge in [-0.25, -0.2) is 14.4 Å². The van der Waals surface area contributed by atoms with Crippen LogP contribution in [0.4, 0.5) is 10.2 Å². The van der Waals surface area contributed by atoms with E-state index in [4.69, 9.17) is 11.1 Å². The Hall–Kier alpha value is -4.34. The molecule has 1 aromatic carbocycles. The van der Waals surface area contributed by atoms with Gasteiger partial charge in [-0.1, -0.05) is 26.0 Å². The highest BCUT2D eigenvalue weighted by Crippen LogP contribution is 2.27. The average Bonchev–Trinajstić information content (AvgIpc) is 3.44. The predicted octanol–water partition coefficient (Wildman–Crippen LogP) is 4.31. The van der Waals surface area contributed by atoms with E-state index in [-0.39, 0.29) is 40.6 Å². The summed E-state index contributed by atoms with van der Waals surface area (Å²) in [6, 6.07) is 7.95. The van der Waals surface area contributed by atoms with Gasteiger partial charge in [-0.3, -0.25) is 9.59 Å². The minimum absolute atomic E-state index is 0.0140. The zero-order valence-corrected chi connectivity index (χ0v) is 21.8. The first-order valence-corrected chi connectivity index (χ1v) is 12.7. The molecule has 1 unspecified atom stereocenters. The zero-order valence-electron chi connectivity index (χ0n) is 21.8. The Kier molecular flexibility index (Phi) is 7.99. The second-order valence-electron chi connectivity index (χ2n) is 9.11. The van der Waals surface area contributed by atoms with Crippen molar-refractivity contribution in [3.8, 4) is 22.6 Å². The van der Waals surface area contributed by atoms with Crippen LogP contribution in [-0.2, 0) is 17.8 Å². The van der Waals surface area contributed by atoms with Crippen LogP contribution in [0, 0.1) is 17.1 Å². The molecule has 0 saturated heterocycles. The highest BCUT2D eigenvalue weighted by molar-refractivity contribution is 5.87. The van der Waals surface area contributed by atoms with Crippen LogP contribution in [0.1, 0.15) is 39.2 Å². The SMILES string of the molecule is CCC(=N)C(CC)CNC(=O)Cc1ccc(-c2ccc3c(=O)c(-c4ncc[nH]4)c(N)n(CC)c3n2)cc1F. The first-order chi connectivity index (χ1) is 18.3. The number of hydrogen-bond acceptors (Lipinski definition) is 6. The molecule has 0 bridgehead atoms. The number of aromatic nitrogens is 4. The van der Waals surface area contributed by atoms with Crippen LogP contribution in [0.25, 0.3) is 33.7 Å². The van der Waals surface area contributed by atoms with Crippen LogP contribution in [0.15, 0.2) is 47.5 Å². The van der Waals surface area contributed by atoms with Gasteiger partial charge >= 0.3 is 0 Å². The van der Waals surface area contributed by atoms with Gasteiger partial charge < -0.3 is 26.0 Å². The second kappa shape index (κ2) is 11.4. The van der Waals surface area contributed by atoms with E-state index in [1.54, 1.807) is 41.2 Å². The molecule has 0 saturated carbocycles. The number of carbonyl (C=O) groups excluding carboxylic acids is 1. The van der Waals surface area contributed by atoms with E-state index in [2.05, 4.69) is 20.3 Å². The van der Waals surface area contributed by atoms with Crippen LogP contribution in [0.3, 0.4) is 0 Å². The zero-order chi connectivity index (χ0) is 27.4. The molecular weight excluding hydrogens is 485 g/mol. The van der Waals surface area contributed by atoms with Crippen molar-refractivity contribution in [2.75, 3.05) is 12.3 Å². The van der Waals surface area contributed by atoms with E-state index in [1.807, 2.05) is 20.8 Å². The Morgan fingerprint density at radius 2 is 2.03 bits per heavy atom. The molecule has 3 aromatic heterocycles. The number of fused-ring (bicyclic) bond motifs is 1. The number of nitrogens with zero attached hydrogens (tertiary/aromatic N) is 3. The topological polar surface area (TPSA) is 143 Å². The van der Waals surface area contributed by atoms with E-state index in [1.165, 1.54) is 6.07 Å². The van der Waals surface area contributed by atoms with Gasteiger partial charge in [0, 0.05) is 42.7 Å². The number of benzene rings is 1. The molecule has 0 aliphatic rings. The average molecular weight is 518 g/mol. The van der Waals surface area contributed by atoms with Gasteiger partial charge in [0.15, 0.2) is 0 Å². The largest absolute Gasteiger partial charge is 0.384 e. The van der Waals surface area contributed by atoms with Gasteiger partial charge in [0.1, 0.15) is 28.7 Å². The number of pyridine rings is 2. The minimum Gasteiger partial charge on any atom is -0.384 e. The number of rotatable bonds is 10. The Morgan fingerprint density at radius 3 is 2.66 bits per heavy atom. The normalized spacial score (nSPS) is 12.0. The number of amides is 1. The van der Waals surface area contributed by atoms with E-state index in [9.17, 15) is 9.59 Å². The number of aryl methyl sites for hydroxylation is 1. The van der Waals surface area contributed by atoms with Gasteiger partial charge in [0.2, 0.25) is 11.3 Å². The molecule has 198 valence electrons. The van der Waals surface area contributed by atoms with Gasteiger partial charge in [0.25, 0.3) is 0 Å². The lowest BCUT2D eigenvalue weighted by molar-refractivity contribution is -0.120. The molecule has 38 heavy (non-hydrogen) atoms. The summed E-state index contributed by atoms with van der Waals surface area (Å²) < 4.78 is 16.7. The summed E-state index contributed by atoms with van der Waals surface area (Å²) in [5.74, 6) is -0.196.